The van der Waals surface area contributed by atoms with Crippen LogP contribution >= 0.6 is 0 Å². The molecule has 2 rings (SSSR count). The first-order valence-corrected chi connectivity index (χ1v) is 6.66. The fourth-order valence-corrected chi connectivity index (χ4v) is 2.36. The van der Waals surface area contributed by atoms with Crippen molar-refractivity contribution in [2.24, 2.45) is 0 Å². The largest absolute Gasteiger partial charge is 0.464 e. The molecule has 1 aromatic rings. The van der Waals surface area contributed by atoms with Gasteiger partial charge in [0.1, 0.15) is 6.04 Å². The number of hydrogen-bond acceptors (Lipinski definition) is 4. The Morgan fingerprint density at radius 1 is 1.53 bits per heavy atom. The summed E-state index contributed by atoms with van der Waals surface area (Å²) in [5.41, 5.74) is 0.762. The molecule has 104 valence electrons. The molecule has 1 N–H and O–H groups in total. The van der Waals surface area contributed by atoms with Gasteiger partial charge in [-0.05, 0) is 32.3 Å². The van der Waals surface area contributed by atoms with E-state index in [0.717, 1.165) is 18.5 Å². The van der Waals surface area contributed by atoms with Gasteiger partial charge >= 0.3 is 5.97 Å². The number of aromatic nitrogens is 2. The first kappa shape index (κ1) is 13.6. The van der Waals surface area contributed by atoms with Crippen molar-refractivity contribution in [1.82, 2.24) is 15.1 Å². The van der Waals surface area contributed by atoms with Crippen LogP contribution in [0.2, 0.25) is 0 Å². The molecule has 1 aromatic heterocycles. The van der Waals surface area contributed by atoms with Crippen LogP contribution in [0.3, 0.4) is 0 Å². The molecule has 0 bridgehead atoms. The van der Waals surface area contributed by atoms with Crippen LogP contribution in [0.5, 0.6) is 0 Å². The Morgan fingerprint density at radius 2 is 2.37 bits per heavy atom. The third-order valence-corrected chi connectivity index (χ3v) is 3.28. The summed E-state index contributed by atoms with van der Waals surface area (Å²) >= 11 is 0. The number of ether oxygens (including phenoxy) is 1. The highest BCUT2D eigenvalue weighted by Gasteiger charge is 2.32. The van der Waals surface area contributed by atoms with Gasteiger partial charge in [-0.2, -0.15) is 5.10 Å². The normalized spacial score (nSPS) is 19.2. The van der Waals surface area contributed by atoms with Crippen LogP contribution in [-0.2, 0) is 20.7 Å². The second-order valence-electron chi connectivity index (χ2n) is 4.61. The molecule has 0 saturated carbocycles. The van der Waals surface area contributed by atoms with Gasteiger partial charge in [0.2, 0.25) is 5.91 Å². The third kappa shape index (κ3) is 3.33. The van der Waals surface area contributed by atoms with E-state index >= 15 is 0 Å². The summed E-state index contributed by atoms with van der Waals surface area (Å²) < 4.78 is 5.04. The summed E-state index contributed by atoms with van der Waals surface area (Å²) in [7, 11) is 0. The molecular weight excluding hydrogens is 246 g/mol. The van der Waals surface area contributed by atoms with Gasteiger partial charge in [-0.3, -0.25) is 9.89 Å². The molecule has 6 nitrogen and oxygen atoms in total. The number of esters is 1. The van der Waals surface area contributed by atoms with E-state index in [-0.39, 0.29) is 18.3 Å². The lowest BCUT2D eigenvalue weighted by molar-refractivity contribution is -0.156. The fourth-order valence-electron chi connectivity index (χ4n) is 2.36. The van der Waals surface area contributed by atoms with Crippen molar-refractivity contribution >= 4 is 11.9 Å². The van der Waals surface area contributed by atoms with E-state index in [9.17, 15) is 9.59 Å². The SMILES string of the molecule is CCOC(=O)C1CCCCN1C(=O)Cc1ccn[nH]1. The molecule has 19 heavy (non-hydrogen) atoms. The molecule has 0 aromatic carbocycles. The van der Waals surface area contributed by atoms with Crippen LogP contribution in [0.25, 0.3) is 0 Å². The standard InChI is InChI=1S/C13H19N3O3/c1-2-19-13(18)11-5-3-4-8-16(11)12(17)9-10-6-7-14-15-10/h6-7,11H,2-5,8-9H2,1H3,(H,14,15). The second kappa shape index (κ2) is 6.36. The molecule has 1 amide bonds. The zero-order valence-electron chi connectivity index (χ0n) is 11.1. The molecule has 1 aliphatic rings. The smallest absolute Gasteiger partial charge is 0.328 e. The molecule has 2 heterocycles. The van der Waals surface area contributed by atoms with Gasteiger partial charge in [0, 0.05) is 18.4 Å². The zero-order chi connectivity index (χ0) is 13.7. The third-order valence-electron chi connectivity index (χ3n) is 3.28. The lowest BCUT2D eigenvalue weighted by Crippen LogP contribution is -2.49. The fraction of sp³-hybridized carbons (Fsp3) is 0.615. The molecule has 6 heteroatoms. The summed E-state index contributed by atoms with van der Waals surface area (Å²) in [5, 5.41) is 6.58. The summed E-state index contributed by atoms with van der Waals surface area (Å²) in [6.45, 7) is 2.74. The Balaban J connectivity index is 2.02. The number of nitrogens with zero attached hydrogens (tertiary/aromatic N) is 2. The molecule has 0 aliphatic carbocycles. The number of likely N-dealkylation sites (tertiary alicyclic amines) is 1. The molecule has 1 fully saturated rings. The maximum atomic E-state index is 12.3. The van der Waals surface area contributed by atoms with Crippen molar-refractivity contribution in [3.8, 4) is 0 Å². The minimum Gasteiger partial charge on any atom is -0.464 e. The van der Waals surface area contributed by atoms with E-state index in [1.807, 2.05) is 0 Å². The van der Waals surface area contributed by atoms with Crippen molar-refractivity contribution in [3.63, 3.8) is 0 Å². The number of aromatic amines is 1. The predicted molar refractivity (Wildman–Crippen MR) is 68.3 cm³/mol. The van der Waals surface area contributed by atoms with Gasteiger partial charge < -0.3 is 9.64 Å². The van der Waals surface area contributed by atoms with E-state index in [4.69, 9.17) is 4.74 Å². The summed E-state index contributed by atoms with van der Waals surface area (Å²) in [6, 6.07) is 1.34. The number of rotatable bonds is 4. The highest BCUT2D eigenvalue weighted by molar-refractivity contribution is 5.85. The number of carbonyl (C=O) groups is 2. The average molecular weight is 265 g/mol. The number of hydrogen-bond donors (Lipinski definition) is 1. The number of amides is 1. The maximum Gasteiger partial charge on any atom is 0.328 e. The summed E-state index contributed by atoms with van der Waals surface area (Å²) in [4.78, 5) is 25.8. The predicted octanol–water partition coefficient (Wildman–Crippen LogP) is 0.896. The summed E-state index contributed by atoms with van der Waals surface area (Å²) in [6.07, 6.45) is 4.44. The first-order valence-electron chi connectivity index (χ1n) is 6.66. The molecule has 1 saturated heterocycles. The molecular formula is C13H19N3O3. The Kier molecular flexibility index (Phi) is 4.54. The molecule has 1 atom stereocenters. The van der Waals surface area contributed by atoms with Crippen molar-refractivity contribution in [2.45, 2.75) is 38.6 Å². The monoisotopic (exact) mass is 265 g/mol. The van der Waals surface area contributed by atoms with E-state index in [2.05, 4.69) is 10.2 Å². The lowest BCUT2D eigenvalue weighted by atomic mass is 10.0. The lowest BCUT2D eigenvalue weighted by Gasteiger charge is -2.34. The van der Waals surface area contributed by atoms with Crippen molar-refractivity contribution in [2.75, 3.05) is 13.2 Å². The highest BCUT2D eigenvalue weighted by atomic mass is 16.5. The van der Waals surface area contributed by atoms with Gasteiger partial charge in [0.05, 0.1) is 13.0 Å². The van der Waals surface area contributed by atoms with Crippen LogP contribution in [-0.4, -0.2) is 46.2 Å². The van der Waals surface area contributed by atoms with Crippen LogP contribution in [0, 0.1) is 0 Å². The average Bonchev–Trinajstić information content (AvgIpc) is 2.92. The number of nitrogens with one attached hydrogen (secondary N) is 1. The topological polar surface area (TPSA) is 75.3 Å². The Morgan fingerprint density at radius 3 is 3.05 bits per heavy atom. The van der Waals surface area contributed by atoms with E-state index in [1.165, 1.54) is 0 Å². The van der Waals surface area contributed by atoms with Crippen LogP contribution in [0.15, 0.2) is 12.3 Å². The van der Waals surface area contributed by atoms with Crippen LogP contribution in [0.4, 0.5) is 0 Å². The Labute approximate surface area is 112 Å². The van der Waals surface area contributed by atoms with Crippen molar-refractivity contribution in [3.05, 3.63) is 18.0 Å². The van der Waals surface area contributed by atoms with Gasteiger partial charge in [-0.1, -0.05) is 0 Å². The Bertz CT molecular complexity index is 430. The zero-order valence-corrected chi connectivity index (χ0v) is 11.1. The minimum atomic E-state index is -0.427. The molecule has 0 spiro atoms. The highest BCUT2D eigenvalue weighted by Crippen LogP contribution is 2.19. The first-order chi connectivity index (χ1) is 9.22. The van der Waals surface area contributed by atoms with Crippen molar-refractivity contribution in [1.29, 1.82) is 0 Å². The van der Waals surface area contributed by atoms with Gasteiger partial charge in [0.25, 0.3) is 0 Å². The van der Waals surface area contributed by atoms with E-state index in [1.54, 1.807) is 24.1 Å². The molecule has 1 aliphatic heterocycles. The van der Waals surface area contributed by atoms with Crippen LogP contribution < -0.4 is 0 Å². The number of carbonyl (C=O) groups excluding carboxylic acids is 2. The summed E-state index contributed by atoms with van der Waals surface area (Å²) in [5.74, 6) is -0.345. The van der Waals surface area contributed by atoms with Gasteiger partial charge in [-0.15, -0.1) is 0 Å². The second-order valence-corrected chi connectivity index (χ2v) is 4.61. The van der Waals surface area contributed by atoms with Gasteiger partial charge in [0.15, 0.2) is 0 Å². The quantitative estimate of drug-likeness (QED) is 0.821. The van der Waals surface area contributed by atoms with Gasteiger partial charge in [-0.25, -0.2) is 4.79 Å². The maximum absolute atomic E-state index is 12.3. The minimum absolute atomic E-state index is 0.0537. The van der Waals surface area contributed by atoms with Crippen molar-refractivity contribution < 1.29 is 14.3 Å². The number of H-pyrrole nitrogens is 1. The number of piperidine rings is 1. The van der Waals surface area contributed by atoms with E-state index < -0.39 is 6.04 Å². The Hall–Kier alpha value is -1.85. The molecule has 1 unspecified atom stereocenters. The van der Waals surface area contributed by atoms with E-state index in [0.29, 0.717) is 19.6 Å². The van der Waals surface area contributed by atoms with Crippen LogP contribution in [0.1, 0.15) is 31.9 Å². The molecule has 0 radical (unpaired) electrons.